The number of nitrogens with zero attached hydrogens (tertiary/aromatic N) is 1. The number of carbonyl (C=O) groups is 1. The van der Waals surface area contributed by atoms with Gasteiger partial charge in [-0.25, -0.2) is 0 Å². The highest BCUT2D eigenvalue weighted by atomic mass is 16.5. The summed E-state index contributed by atoms with van der Waals surface area (Å²) in [7, 11) is 1.58. The molecule has 1 heterocycles. The first kappa shape index (κ1) is 15.8. The minimum absolute atomic E-state index is 0.105. The van der Waals surface area contributed by atoms with E-state index in [1.54, 1.807) is 13.2 Å². The SMILES string of the molecule is COc1cccc(C(O)CN2CCCC(C)C2C(=O)O)c1. The van der Waals surface area contributed by atoms with Gasteiger partial charge in [0.25, 0.3) is 0 Å². The molecule has 0 amide bonds. The van der Waals surface area contributed by atoms with Crippen LogP contribution in [0.1, 0.15) is 31.4 Å². The summed E-state index contributed by atoms with van der Waals surface area (Å²) in [6, 6.07) is 6.74. The molecule has 1 saturated heterocycles. The highest BCUT2D eigenvalue weighted by Crippen LogP contribution is 2.27. The maximum atomic E-state index is 11.5. The van der Waals surface area contributed by atoms with Crippen molar-refractivity contribution in [1.82, 2.24) is 4.90 Å². The third-order valence-corrected chi connectivity index (χ3v) is 4.18. The molecule has 0 aliphatic carbocycles. The number of benzene rings is 1. The largest absolute Gasteiger partial charge is 0.497 e. The van der Waals surface area contributed by atoms with E-state index in [1.807, 2.05) is 30.0 Å². The number of β-amino-alcohol motifs (C(OH)–C–C–N with tert-alkyl or cyclic N) is 1. The Morgan fingerprint density at radius 2 is 2.29 bits per heavy atom. The lowest BCUT2D eigenvalue weighted by atomic mass is 9.90. The number of aliphatic carboxylic acids is 1. The summed E-state index contributed by atoms with van der Waals surface area (Å²) in [6.45, 7) is 3.00. The van der Waals surface area contributed by atoms with Crippen LogP contribution in [0.2, 0.25) is 0 Å². The Labute approximate surface area is 125 Å². The first-order chi connectivity index (χ1) is 10.0. The van der Waals surface area contributed by atoms with E-state index in [4.69, 9.17) is 4.74 Å². The molecular weight excluding hydrogens is 270 g/mol. The summed E-state index contributed by atoms with van der Waals surface area (Å²) in [6.07, 6.45) is 1.17. The van der Waals surface area contributed by atoms with E-state index in [9.17, 15) is 15.0 Å². The minimum Gasteiger partial charge on any atom is -0.497 e. The number of carboxylic acid groups (broad SMARTS) is 1. The number of methoxy groups -OCH3 is 1. The smallest absolute Gasteiger partial charge is 0.321 e. The number of aliphatic hydroxyl groups excluding tert-OH is 1. The number of hydrogen-bond acceptors (Lipinski definition) is 4. The van der Waals surface area contributed by atoms with Crippen LogP contribution in [0.25, 0.3) is 0 Å². The standard InChI is InChI=1S/C16H23NO4/c1-11-5-4-8-17(15(11)16(19)20)10-14(18)12-6-3-7-13(9-12)21-2/h3,6-7,9,11,14-15,18H,4-5,8,10H2,1-2H3,(H,19,20). The fourth-order valence-corrected chi connectivity index (χ4v) is 3.05. The van der Waals surface area contributed by atoms with Gasteiger partial charge < -0.3 is 14.9 Å². The van der Waals surface area contributed by atoms with Gasteiger partial charge in [-0.05, 0) is 43.0 Å². The van der Waals surface area contributed by atoms with Crippen LogP contribution in [0.5, 0.6) is 5.75 Å². The monoisotopic (exact) mass is 293 g/mol. The molecule has 116 valence electrons. The molecule has 0 bridgehead atoms. The van der Waals surface area contributed by atoms with Gasteiger partial charge in [-0.2, -0.15) is 0 Å². The number of likely N-dealkylation sites (tertiary alicyclic amines) is 1. The topological polar surface area (TPSA) is 70.0 Å². The third-order valence-electron chi connectivity index (χ3n) is 4.18. The quantitative estimate of drug-likeness (QED) is 0.868. The highest BCUT2D eigenvalue weighted by Gasteiger charge is 2.35. The molecule has 3 unspecified atom stereocenters. The second-order valence-corrected chi connectivity index (χ2v) is 5.69. The van der Waals surface area contributed by atoms with E-state index < -0.39 is 18.1 Å². The Morgan fingerprint density at radius 1 is 1.52 bits per heavy atom. The summed E-state index contributed by atoms with van der Waals surface area (Å²) in [5.41, 5.74) is 0.747. The van der Waals surface area contributed by atoms with E-state index in [0.29, 0.717) is 18.8 Å². The molecule has 0 aromatic heterocycles. The molecule has 2 N–H and O–H groups in total. The van der Waals surface area contributed by atoms with Gasteiger partial charge in [-0.1, -0.05) is 19.1 Å². The molecular formula is C16H23NO4. The zero-order valence-electron chi connectivity index (χ0n) is 12.5. The fourth-order valence-electron chi connectivity index (χ4n) is 3.05. The Morgan fingerprint density at radius 3 is 2.95 bits per heavy atom. The van der Waals surface area contributed by atoms with Crippen LogP contribution < -0.4 is 4.74 Å². The van der Waals surface area contributed by atoms with Gasteiger partial charge in [0.2, 0.25) is 0 Å². The Hall–Kier alpha value is -1.59. The van der Waals surface area contributed by atoms with Crippen LogP contribution >= 0.6 is 0 Å². The molecule has 1 aliphatic rings. The van der Waals surface area contributed by atoms with Gasteiger partial charge in [0.05, 0.1) is 13.2 Å². The van der Waals surface area contributed by atoms with Crippen LogP contribution in [0, 0.1) is 5.92 Å². The first-order valence-corrected chi connectivity index (χ1v) is 7.31. The molecule has 0 radical (unpaired) electrons. The third kappa shape index (κ3) is 3.74. The van der Waals surface area contributed by atoms with Gasteiger partial charge in [-0.15, -0.1) is 0 Å². The molecule has 0 saturated carbocycles. The van der Waals surface area contributed by atoms with Crippen molar-refractivity contribution in [2.24, 2.45) is 5.92 Å². The Balaban J connectivity index is 2.09. The summed E-state index contributed by atoms with van der Waals surface area (Å²) in [5, 5.41) is 19.8. The molecule has 5 heteroatoms. The number of aliphatic hydroxyl groups is 1. The fraction of sp³-hybridized carbons (Fsp3) is 0.562. The van der Waals surface area contributed by atoms with E-state index >= 15 is 0 Å². The zero-order chi connectivity index (χ0) is 15.4. The van der Waals surface area contributed by atoms with E-state index in [2.05, 4.69) is 0 Å². The molecule has 2 rings (SSSR count). The number of hydrogen-bond donors (Lipinski definition) is 2. The summed E-state index contributed by atoms with van der Waals surface area (Å²) < 4.78 is 5.15. The molecule has 1 aliphatic heterocycles. The van der Waals surface area contributed by atoms with Crippen molar-refractivity contribution in [2.45, 2.75) is 31.9 Å². The van der Waals surface area contributed by atoms with Crippen LogP contribution in [0.4, 0.5) is 0 Å². The predicted octanol–water partition coefficient (Wildman–Crippen LogP) is 1.91. The molecule has 1 aromatic rings. The molecule has 5 nitrogen and oxygen atoms in total. The maximum absolute atomic E-state index is 11.5. The van der Waals surface area contributed by atoms with Crippen molar-refractivity contribution < 1.29 is 19.7 Å². The lowest BCUT2D eigenvalue weighted by molar-refractivity contribution is -0.147. The maximum Gasteiger partial charge on any atom is 0.321 e. The second-order valence-electron chi connectivity index (χ2n) is 5.69. The van der Waals surface area contributed by atoms with Gasteiger partial charge in [0, 0.05) is 6.54 Å². The summed E-state index contributed by atoms with van der Waals surface area (Å²) in [4.78, 5) is 13.3. The van der Waals surface area contributed by atoms with Gasteiger partial charge in [0.15, 0.2) is 0 Å². The van der Waals surface area contributed by atoms with Crippen molar-refractivity contribution in [3.8, 4) is 5.75 Å². The zero-order valence-corrected chi connectivity index (χ0v) is 12.5. The lowest BCUT2D eigenvalue weighted by Crippen LogP contribution is -2.50. The molecule has 21 heavy (non-hydrogen) atoms. The summed E-state index contributed by atoms with van der Waals surface area (Å²) in [5.74, 6) is -0.0119. The van der Waals surface area contributed by atoms with Crippen LogP contribution in [-0.2, 0) is 4.79 Å². The van der Waals surface area contributed by atoms with Crippen LogP contribution in [0.3, 0.4) is 0 Å². The number of rotatable bonds is 5. The van der Waals surface area contributed by atoms with Crippen molar-refractivity contribution in [2.75, 3.05) is 20.2 Å². The van der Waals surface area contributed by atoms with E-state index in [0.717, 1.165) is 18.4 Å². The van der Waals surface area contributed by atoms with Gasteiger partial charge in [0.1, 0.15) is 11.8 Å². The molecule has 1 aromatic carbocycles. The van der Waals surface area contributed by atoms with Crippen LogP contribution in [-0.4, -0.2) is 47.3 Å². The highest BCUT2D eigenvalue weighted by molar-refractivity contribution is 5.74. The molecule has 3 atom stereocenters. The van der Waals surface area contributed by atoms with Crippen molar-refractivity contribution in [1.29, 1.82) is 0 Å². The number of ether oxygens (including phenoxy) is 1. The molecule has 0 spiro atoms. The average Bonchev–Trinajstić information content (AvgIpc) is 2.47. The second kappa shape index (κ2) is 6.91. The lowest BCUT2D eigenvalue weighted by Gasteiger charge is -2.38. The Kier molecular flexibility index (Phi) is 5.20. The van der Waals surface area contributed by atoms with Gasteiger partial charge >= 0.3 is 5.97 Å². The normalized spacial score (nSPS) is 24.5. The Bertz CT molecular complexity index is 491. The summed E-state index contributed by atoms with van der Waals surface area (Å²) >= 11 is 0. The predicted molar refractivity (Wildman–Crippen MR) is 79.3 cm³/mol. The van der Waals surface area contributed by atoms with Crippen molar-refractivity contribution in [3.63, 3.8) is 0 Å². The van der Waals surface area contributed by atoms with Crippen molar-refractivity contribution >= 4 is 5.97 Å². The van der Waals surface area contributed by atoms with E-state index in [1.165, 1.54) is 0 Å². The van der Waals surface area contributed by atoms with Crippen LogP contribution in [0.15, 0.2) is 24.3 Å². The minimum atomic E-state index is -0.806. The first-order valence-electron chi connectivity index (χ1n) is 7.31. The average molecular weight is 293 g/mol. The van der Waals surface area contributed by atoms with E-state index in [-0.39, 0.29) is 5.92 Å². The number of piperidine rings is 1. The molecule has 1 fully saturated rings. The van der Waals surface area contributed by atoms with Gasteiger partial charge in [-0.3, -0.25) is 9.69 Å². The van der Waals surface area contributed by atoms with Crippen molar-refractivity contribution in [3.05, 3.63) is 29.8 Å². The number of carboxylic acids is 1.